The molecule has 0 saturated heterocycles. The Kier molecular flexibility index (Phi) is 5.87. The highest BCUT2D eigenvalue weighted by Gasteiger charge is 2.35. The summed E-state index contributed by atoms with van der Waals surface area (Å²) in [6.07, 6.45) is 2.36. The highest BCUT2D eigenvalue weighted by Crippen LogP contribution is 2.30. The van der Waals surface area contributed by atoms with Crippen molar-refractivity contribution in [2.24, 2.45) is 0 Å². The van der Waals surface area contributed by atoms with Crippen molar-refractivity contribution in [3.05, 3.63) is 58.7 Å². The van der Waals surface area contributed by atoms with E-state index in [0.29, 0.717) is 36.3 Å². The molecule has 0 radical (unpaired) electrons. The third-order valence-electron chi connectivity index (χ3n) is 5.17. The van der Waals surface area contributed by atoms with Crippen molar-refractivity contribution in [1.82, 2.24) is 10.6 Å². The Labute approximate surface area is 169 Å². The van der Waals surface area contributed by atoms with Crippen molar-refractivity contribution in [3.63, 3.8) is 0 Å². The predicted molar refractivity (Wildman–Crippen MR) is 111 cm³/mol. The minimum Gasteiger partial charge on any atom is -0.497 e. The summed E-state index contributed by atoms with van der Waals surface area (Å²) in [5, 5.41) is 8.16. The molecule has 3 amide bonds. The van der Waals surface area contributed by atoms with E-state index in [9.17, 15) is 14.4 Å². The number of urea groups is 1. The van der Waals surface area contributed by atoms with Gasteiger partial charge in [0.1, 0.15) is 17.6 Å². The Balaban J connectivity index is 1.77. The van der Waals surface area contributed by atoms with Crippen LogP contribution in [0.1, 0.15) is 33.5 Å². The lowest BCUT2D eigenvalue weighted by Gasteiger charge is -2.34. The number of anilines is 1. The first-order valence-electron chi connectivity index (χ1n) is 9.43. The van der Waals surface area contributed by atoms with E-state index in [1.807, 2.05) is 31.2 Å². The van der Waals surface area contributed by atoms with Gasteiger partial charge in [-0.3, -0.25) is 4.79 Å². The fourth-order valence-corrected chi connectivity index (χ4v) is 3.62. The molecule has 0 bridgehead atoms. The Morgan fingerprint density at radius 2 is 1.93 bits per heavy atom. The maximum atomic E-state index is 12.6. The van der Waals surface area contributed by atoms with E-state index in [2.05, 4.69) is 16.0 Å². The van der Waals surface area contributed by atoms with Crippen LogP contribution < -0.4 is 20.7 Å². The van der Waals surface area contributed by atoms with Gasteiger partial charge in [-0.1, -0.05) is 6.07 Å². The molecule has 2 aromatic rings. The molecule has 1 atom stereocenters. The van der Waals surface area contributed by atoms with Crippen LogP contribution in [0.25, 0.3) is 0 Å². The van der Waals surface area contributed by atoms with Crippen molar-refractivity contribution in [2.75, 3.05) is 19.5 Å². The number of hydrogen-bond donors (Lipinski definition) is 3. The smallest absolute Gasteiger partial charge is 0.315 e. The summed E-state index contributed by atoms with van der Waals surface area (Å²) in [5.74, 6) is 0.417. The number of carbonyl (C=O) groups excluding carboxylic acids is 3. The van der Waals surface area contributed by atoms with Crippen LogP contribution in [0.3, 0.4) is 0 Å². The van der Waals surface area contributed by atoms with Crippen LogP contribution in [-0.4, -0.2) is 37.9 Å². The van der Waals surface area contributed by atoms with Crippen LogP contribution in [-0.2, 0) is 17.6 Å². The molecule has 1 aliphatic carbocycles. The number of benzene rings is 2. The van der Waals surface area contributed by atoms with Gasteiger partial charge in [0.05, 0.1) is 7.11 Å². The molecule has 0 aromatic heterocycles. The van der Waals surface area contributed by atoms with Gasteiger partial charge >= 0.3 is 6.03 Å². The lowest BCUT2D eigenvalue weighted by molar-refractivity contribution is -0.113. The highest BCUT2D eigenvalue weighted by atomic mass is 16.5. The average Bonchev–Trinajstić information content (AvgIpc) is 2.73. The summed E-state index contributed by atoms with van der Waals surface area (Å²) in [5.41, 5.74) is 3.28. The summed E-state index contributed by atoms with van der Waals surface area (Å²) < 4.78 is 5.23. The number of nitrogens with one attached hydrogen (secondary N) is 3. The first kappa shape index (κ1) is 20.4. The third kappa shape index (κ3) is 4.56. The second kappa shape index (κ2) is 8.34. The van der Waals surface area contributed by atoms with Crippen molar-refractivity contribution >= 4 is 23.9 Å². The molecule has 2 aromatic carbocycles. The van der Waals surface area contributed by atoms with Gasteiger partial charge in [0.2, 0.25) is 0 Å². The monoisotopic (exact) mass is 395 g/mol. The molecule has 29 heavy (non-hydrogen) atoms. The standard InChI is InChI=1S/C22H25N3O4/c1-14-8-17(11-19(9-14)29-3)20(27)24-18-5-4-16-12-22(13-26,25-21(28)23-2)7-6-15(16)10-18/h4-5,8-11,13H,6-7,12H2,1-3H3,(H,24,27)(H2,23,25,28). The largest absolute Gasteiger partial charge is 0.497 e. The Bertz CT molecular complexity index is 957. The van der Waals surface area contributed by atoms with E-state index in [-0.39, 0.29) is 11.9 Å². The Morgan fingerprint density at radius 1 is 1.14 bits per heavy atom. The van der Waals surface area contributed by atoms with E-state index >= 15 is 0 Å². The van der Waals surface area contributed by atoms with Gasteiger partial charge in [-0.15, -0.1) is 0 Å². The maximum absolute atomic E-state index is 12.6. The number of ether oxygens (including phenoxy) is 1. The molecule has 0 saturated carbocycles. The molecule has 1 aliphatic rings. The first-order chi connectivity index (χ1) is 13.9. The number of amides is 3. The van der Waals surface area contributed by atoms with E-state index in [0.717, 1.165) is 23.0 Å². The quantitative estimate of drug-likeness (QED) is 0.678. The molecule has 0 aliphatic heterocycles. The summed E-state index contributed by atoms with van der Waals surface area (Å²) >= 11 is 0. The minimum atomic E-state index is -0.907. The van der Waals surface area contributed by atoms with E-state index < -0.39 is 5.54 Å². The molecule has 7 nitrogen and oxygen atoms in total. The molecule has 3 rings (SSSR count). The van der Waals surface area contributed by atoms with Gasteiger partial charge in [0.25, 0.3) is 5.91 Å². The average molecular weight is 395 g/mol. The normalized spacial score (nSPS) is 17.6. The summed E-state index contributed by atoms with van der Waals surface area (Å²) in [7, 11) is 3.08. The van der Waals surface area contributed by atoms with Gasteiger partial charge in [0, 0.05) is 24.7 Å². The lowest BCUT2D eigenvalue weighted by Crippen LogP contribution is -2.55. The molecule has 1 unspecified atom stereocenters. The van der Waals surface area contributed by atoms with E-state index in [1.165, 1.54) is 7.05 Å². The zero-order valence-corrected chi connectivity index (χ0v) is 16.8. The van der Waals surface area contributed by atoms with Gasteiger partial charge in [0.15, 0.2) is 0 Å². The van der Waals surface area contributed by atoms with Crippen LogP contribution in [0.4, 0.5) is 10.5 Å². The topological polar surface area (TPSA) is 96.5 Å². The highest BCUT2D eigenvalue weighted by molar-refractivity contribution is 6.04. The molecule has 0 heterocycles. The maximum Gasteiger partial charge on any atom is 0.315 e. The van der Waals surface area contributed by atoms with Gasteiger partial charge in [-0.05, 0) is 66.8 Å². The fourth-order valence-electron chi connectivity index (χ4n) is 3.62. The molecule has 152 valence electrons. The first-order valence-corrected chi connectivity index (χ1v) is 9.43. The molecule has 3 N–H and O–H groups in total. The van der Waals surface area contributed by atoms with Gasteiger partial charge < -0.3 is 25.5 Å². The molecule has 7 heteroatoms. The van der Waals surface area contributed by atoms with E-state index in [1.54, 1.807) is 19.2 Å². The van der Waals surface area contributed by atoms with Crippen molar-refractivity contribution < 1.29 is 19.1 Å². The van der Waals surface area contributed by atoms with Crippen molar-refractivity contribution in [2.45, 2.75) is 31.7 Å². The summed E-state index contributed by atoms with van der Waals surface area (Å²) in [4.78, 5) is 36.0. The SMILES string of the molecule is CNC(=O)NC1(C=O)CCc2cc(NC(=O)c3cc(C)cc(OC)c3)ccc2C1. The molecule has 0 spiro atoms. The molecular weight excluding hydrogens is 370 g/mol. The van der Waals surface area contributed by atoms with Crippen LogP contribution >= 0.6 is 0 Å². The Hall–Kier alpha value is -3.35. The van der Waals surface area contributed by atoms with E-state index in [4.69, 9.17) is 4.74 Å². The number of fused-ring (bicyclic) bond motifs is 1. The zero-order chi connectivity index (χ0) is 21.0. The zero-order valence-electron chi connectivity index (χ0n) is 16.8. The minimum absolute atomic E-state index is 0.216. The van der Waals surface area contributed by atoms with Crippen LogP contribution in [0.2, 0.25) is 0 Å². The van der Waals surface area contributed by atoms with Crippen LogP contribution in [0, 0.1) is 6.92 Å². The number of methoxy groups -OCH3 is 1. The van der Waals surface area contributed by atoms with Gasteiger partial charge in [-0.25, -0.2) is 4.79 Å². The summed E-state index contributed by atoms with van der Waals surface area (Å²) in [6, 6.07) is 10.6. The number of carbonyl (C=O) groups is 3. The number of aldehydes is 1. The fraction of sp³-hybridized carbons (Fsp3) is 0.318. The van der Waals surface area contributed by atoms with Gasteiger partial charge in [-0.2, -0.15) is 0 Å². The predicted octanol–water partition coefficient (Wildman–Crippen LogP) is 2.61. The van der Waals surface area contributed by atoms with Crippen molar-refractivity contribution in [1.29, 1.82) is 0 Å². The molecular formula is C22H25N3O4. The molecule has 0 fully saturated rings. The Morgan fingerprint density at radius 3 is 2.62 bits per heavy atom. The number of rotatable bonds is 5. The van der Waals surface area contributed by atoms with Crippen LogP contribution in [0.15, 0.2) is 36.4 Å². The van der Waals surface area contributed by atoms with Crippen LogP contribution in [0.5, 0.6) is 5.75 Å². The number of hydrogen-bond acceptors (Lipinski definition) is 4. The lowest BCUT2D eigenvalue weighted by atomic mass is 9.78. The second-order valence-electron chi connectivity index (χ2n) is 7.33. The van der Waals surface area contributed by atoms with Crippen molar-refractivity contribution in [3.8, 4) is 5.75 Å². The third-order valence-corrected chi connectivity index (χ3v) is 5.17. The summed E-state index contributed by atoms with van der Waals surface area (Å²) in [6.45, 7) is 1.91. The second-order valence-corrected chi connectivity index (χ2v) is 7.33. The number of aryl methyl sites for hydroxylation is 2.